The van der Waals surface area contributed by atoms with Crippen LogP contribution in [0.1, 0.15) is 16.8 Å². The van der Waals surface area contributed by atoms with E-state index in [-0.39, 0.29) is 17.9 Å². The number of rotatable bonds is 4. The van der Waals surface area contributed by atoms with Crippen molar-refractivity contribution < 1.29 is 19.0 Å². The lowest BCUT2D eigenvalue weighted by atomic mass is 10.0. The zero-order chi connectivity index (χ0) is 13.9. The number of ether oxygens (including phenoxy) is 1. The number of hydrogen-bond acceptors (Lipinski definition) is 4. The molecule has 2 rings (SSSR count). The monoisotopic (exact) mass is 268 g/mol. The average molecular weight is 268 g/mol. The lowest BCUT2D eigenvalue weighted by Crippen LogP contribution is -2.44. The maximum atomic E-state index is 13.5. The zero-order valence-corrected chi connectivity index (χ0v) is 10.7. The summed E-state index contributed by atoms with van der Waals surface area (Å²) in [4.78, 5) is 11.8. The van der Waals surface area contributed by atoms with Crippen molar-refractivity contribution in [1.82, 2.24) is 10.6 Å². The molecule has 1 aromatic carbocycles. The predicted octanol–water partition coefficient (Wildman–Crippen LogP) is 0.288. The molecule has 1 aliphatic rings. The second kappa shape index (κ2) is 5.54. The molecule has 0 aromatic heterocycles. The molecule has 1 atom stereocenters. The molecule has 1 aliphatic heterocycles. The fourth-order valence-corrected chi connectivity index (χ4v) is 2.04. The van der Waals surface area contributed by atoms with Crippen molar-refractivity contribution in [1.29, 1.82) is 0 Å². The van der Waals surface area contributed by atoms with Crippen LogP contribution >= 0.6 is 0 Å². The van der Waals surface area contributed by atoms with Crippen LogP contribution in [-0.2, 0) is 0 Å². The Bertz CT molecular complexity index is 473. The second-order valence-corrected chi connectivity index (χ2v) is 4.68. The molecule has 1 amide bonds. The van der Waals surface area contributed by atoms with Crippen LogP contribution in [0.25, 0.3) is 0 Å². The van der Waals surface area contributed by atoms with Gasteiger partial charge >= 0.3 is 0 Å². The summed E-state index contributed by atoms with van der Waals surface area (Å²) in [6.45, 7) is 1.32. The Hall–Kier alpha value is -1.66. The van der Waals surface area contributed by atoms with E-state index < -0.39 is 17.3 Å². The molecular weight excluding hydrogens is 251 g/mol. The molecule has 19 heavy (non-hydrogen) atoms. The van der Waals surface area contributed by atoms with Crippen LogP contribution in [0.3, 0.4) is 0 Å². The molecule has 0 saturated carbocycles. The Morgan fingerprint density at radius 3 is 3.00 bits per heavy atom. The molecule has 104 valence electrons. The molecule has 0 aliphatic carbocycles. The van der Waals surface area contributed by atoms with Crippen LogP contribution in [0, 0.1) is 5.82 Å². The van der Waals surface area contributed by atoms with Crippen molar-refractivity contribution in [3.63, 3.8) is 0 Å². The Morgan fingerprint density at radius 1 is 1.63 bits per heavy atom. The number of hydrogen-bond donors (Lipinski definition) is 3. The third-order valence-electron chi connectivity index (χ3n) is 3.21. The molecule has 0 radical (unpaired) electrons. The standard InChI is InChI=1S/C13H17FN2O3/c1-19-11-3-2-9(6-10(11)14)12(17)16-8-13(18)4-5-15-7-13/h2-3,6,15,18H,4-5,7-8H2,1H3,(H,16,17). The first kappa shape index (κ1) is 13.8. The third kappa shape index (κ3) is 3.21. The summed E-state index contributed by atoms with van der Waals surface area (Å²) in [6.07, 6.45) is 0.588. The number of β-amino-alcohol motifs (C(OH)–C–C–N with tert-alkyl or cyclic N) is 1. The van der Waals surface area contributed by atoms with Gasteiger partial charge in [0, 0.05) is 18.7 Å². The molecule has 6 heteroatoms. The first-order valence-corrected chi connectivity index (χ1v) is 6.09. The second-order valence-electron chi connectivity index (χ2n) is 4.68. The van der Waals surface area contributed by atoms with Crippen molar-refractivity contribution in [2.45, 2.75) is 12.0 Å². The van der Waals surface area contributed by atoms with Crippen molar-refractivity contribution in [2.24, 2.45) is 0 Å². The largest absolute Gasteiger partial charge is 0.494 e. The average Bonchev–Trinajstić information content (AvgIpc) is 2.83. The van der Waals surface area contributed by atoms with E-state index >= 15 is 0 Å². The number of methoxy groups -OCH3 is 1. The van der Waals surface area contributed by atoms with Crippen molar-refractivity contribution in [3.05, 3.63) is 29.6 Å². The molecule has 0 spiro atoms. The number of carbonyl (C=O) groups is 1. The van der Waals surface area contributed by atoms with Gasteiger partial charge < -0.3 is 20.5 Å². The molecule has 1 fully saturated rings. The summed E-state index contributed by atoms with van der Waals surface area (Å²) in [6, 6.07) is 4.00. The van der Waals surface area contributed by atoms with Crippen LogP contribution in [-0.4, -0.2) is 43.4 Å². The van der Waals surface area contributed by atoms with Gasteiger partial charge in [-0.05, 0) is 31.2 Å². The minimum absolute atomic E-state index is 0.0928. The van der Waals surface area contributed by atoms with E-state index in [4.69, 9.17) is 4.74 Å². The molecule has 1 saturated heterocycles. The smallest absolute Gasteiger partial charge is 0.251 e. The number of benzene rings is 1. The molecule has 1 unspecified atom stereocenters. The Balaban J connectivity index is 1.98. The lowest BCUT2D eigenvalue weighted by molar-refractivity contribution is 0.0561. The van der Waals surface area contributed by atoms with Gasteiger partial charge in [-0.1, -0.05) is 0 Å². The predicted molar refractivity (Wildman–Crippen MR) is 67.7 cm³/mol. The van der Waals surface area contributed by atoms with Crippen molar-refractivity contribution in [3.8, 4) is 5.75 Å². The number of carbonyl (C=O) groups excluding carboxylic acids is 1. The summed E-state index contributed by atoms with van der Waals surface area (Å²) >= 11 is 0. The SMILES string of the molecule is COc1ccc(C(=O)NCC2(O)CCNC2)cc1F. The maximum Gasteiger partial charge on any atom is 0.251 e. The van der Waals surface area contributed by atoms with Gasteiger partial charge in [0.25, 0.3) is 5.91 Å². The van der Waals surface area contributed by atoms with Crippen LogP contribution in [0.5, 0.6) is 5.75 Å². The van der Waals surface area contributed by atoms with Gasteiger partial charge in [-0.2, -0.15) is 0 Å². The van der Waals surface area contributed by atoms with Gasteiger partial charge in [0.15, 0.2) is 11.6 Å². The van der Waals surface area contributed by atoms with Crippen LogP contribution in [0.2, 0.25) is 0 Å². The fourth-order valence-electron chi connectivity index (χ4n) is 2.04. The van der Waals surface area contributed by atoms with E-state index in [1.165, 1.54) is 19.2 Å². The van der Waals surface area contributed by atoms with Crippen molar-refractivity contribution >= 4 is 5.91 Å². The zero-order valence-electron chi connectivity index (χ0n) is 10.7. The molecular formula is C13H17FN2O3. The summed E-state index contributed by atoms with van der Waals surface area (Å²) in [5, 5.41) is 15.7. The highest BCUT2D eigenvalue weighted by molar-refractivity contribution is 5.94. The van der Waals surface area contributed by atoms with E-state index in [9.17, 15) is 14.3 Å². The maximum absolute atomic E-state index is 13.5. The normalized spacial score (nSPS) is 22.3. The molecule has 5 nitrogen and oxygen atoms in total. The van der Waals surface area contributed by atoms with Crippen LogP contribution < -0.4 is 15.4 Å². The Morgan fingerprint density at radius 2 is 2.42 bits per heavy atom. The summed E-state index contributed by atoms with van der Waals surface area (Å²) in [5.74, 6) is -0.909. The van der Waals surface area contributed by atoms with E-state index in [0.717, 1.165) is 12.6 Å². The number of halogens is 1. The topological polar surface area (TPSA) is 70.6 Å². The number of aliphatic hydroxyl groups is 1. The van der Waals surface area contributed by atoms with Gasteiger partial charge in [-0.3, -0.25) is 4.79 Å². The Labute approximate surface area is 110 Å². The summed E-state index contributed by atoms with van der Waals surface area (Å²) in [7, 11) is 1.36. The van der Waals surface area contributed by atoms with Gasteiger partial charge in [-0.15, -0.1) is 0 Å². The minimum atomic E-state index is -0.916. The third-order valence-corrected chi connectivity index (χ3v) is 3.21. The minimum Gasteiger partial charge on any atom is -0.494 e. The van der Waals surface area contributed by atoms with E-state index in [1.54, 1.807) is 0 Å². The highest BCUT2D eigenvalue weighted by Crippen LogP contribution is 2.18. The molecule has 0 bridgehead atoms. The highest BCUT2D eigenvalue weighted by Gasteiger charge is 2.31. The van der Waals surface area contributed by atoms with Gasteiger partial charge in [0.1, 0.15) is 0 Å². The van der Waals surface area contributed by atoms with Crippen LogP contribution in [0.15, 0.2) is 18.2 Å². The van der Waals surface area contributed by atoms with Crippen LogP contribution in [0.4, 0.5) is 4.39 Å². The fraction of sp³-hybridized carbons (Fsp3) is 0.462. The van der Waals surface area contributed by atoms with E-state index in [2.05, 4.69) is 10.6 Å². The summed E-state index contributed by atoms with van der Waals surface area (Å²) in [5.41, 5.74) is -0.714. The first-order valence-electron chi connectivity index (χ1n) is 6.09. The lowest BCUT2D eigenvalue weighted by Gasteiger charge is -2.21. The van der Waals surface area contributed by atoms with E-state index in [1.807, 2.05) is 0 Å². The number of amides is 1. The van der Waals surface area contributed by atoms with Gasteiger partial charge in [0.2, 0.25) is 0 Å². The first-order chi connectivity index (χ1) is 9.04. The van der Waals surface area contributed by atoms with E-state index in [0.29, 0.717) is 13.0 Å². The molecule has 3 N–H and O–H groups in total. The Kier molecular flexibility index (Phi) is 4.01. The highest BCUT2D eigenvalue weighted by atomic mass is 19.1. The van der Waals surface area contributed by atoms with Gasteiger partial charge in [-0.25, -0.2) is 4.39 Å². The summed E-state index contributed by atoms with van der Waals surface area (Å²) < 4.78 is 18.2. The quantitative estimate of drug-likeness (QED) is 0.734. The molecule has 1 aromatic rings. The van der Waals surface area contributed by atoms with Gasteiger partial charge in [0.05, 0.1) is 12.7 Å². The molecule has 1 heterocycles. The van der Waals surface area contributed by atoms with Crippen molar-refractivity contribution in [2.75, 3.05) is 26.7 Å². The number of nitrogens with one attached hydrogen (secondary N) is 2.